The van der Waals surface area contributed by atoms with Gasteiger partial charge < -0.3 is 20.5 Å². The molecule has 0 saturated carbocycles. The van der Waals surface area contributed by atoms with E-state index in [1.807, 2.05) is 12.1 Å². The molecule has 2 amide bonds. The average Bonchev–Trinajstić information content (AvgIpc) is 2.55. The number of hydrogen-bond acceptors (Lipinski definition) is 4. The minimum atomic E-state index is -0.731. The van der Waals surface area contributed by atoms with Crippen molar-refractivity contribution in [2.45, 2.75) is 6.10 Å². The largest absolute Gasteiger partial charge is 0.485 e. The molecule has 0 unspecified atom stereocenters. The number of carbonyl (C=O) groups excluding carboxylic acids is 2. The number of fused-ring (bicyclic) bond motifs is 1. The van der Waals surface area contributed by atoms with E-state index in [4.69, 9.17) is 15.2 Å². The zero-order valence-electron chi connectivity index (χ0n) is 11.6. The Morgan fingerprint density at radius 1 is 1.05 bits per heavy atom. The maximum Gasteiger partial charge on any atom is 0.269 e. The van der Waals surface area contributed by atoms with Gasteiger partial charge in [-0.25, -0.2) is 0 Å². The van der Waals surface area contributed by atoms with Gasteiger partial charge >= 0.3 is 0 Å². The van der Waals surface area contributed by atoms with Crippen LogP contribution in [0.1, 0.15) is 10.4 Å². The second kappa shape index (κ2) is 5.77. The maximum atomic E-state index is 12.2. The van der Waals surface area contributed by atoms with Gasteiger partial charge in [-0.1, -0.05) is 12.1 Å². The topological polar surface area (TPSA) is 90.7 Å². The van der Waals surface area contributed by atoms with Crippen molar-refractivity contribution in [2.75, 3.05) is 11.9 Å². The van der Waals surface area contributed by atoms with Gasteiger partial charge in [-0.15, -0.1) is 0 Å². The van der Waals surface area contributed by atoms with Crippen LogP contribution in [0, 0.1) is 0 Å². The molecule has 0 saturated heterocycles. The third kappa shape index (κ3) is 2.85. The number of anilines is 1. The maximum absolute atomic E-state index is 12.2. The van der Waals surface area contributed by atoms with E-state index < -0.39 is 12.0 Å². The number of primary amides is 1. The zero-order chi connectivity index (χ0) is 15.5. The summed E-state index contributed by atoms with van der Waals surface area (Å²) in [6.07, 6.45) is -0.731. The van der Waals surface area contributed by atoms with Crippen LogP contribution in [0.15, 0.2) is 48.5 Å². The van der Waals surface area contributed by atoms with Gasteiger partial charge in [0.2, 0.25) is 12.0 Å². The summed E-state index contributed by atoms with van der Waals surface area (Å²) >= 11 is 0. The number of benzene rings is 2. The molecule has 3 rings (SSSR count). The third-order valence-electron chi connectivity index (χ3n) is 3.24. The van der Waals surface area contributed by atoms with Crippen LogP contribution >= 0.6 is 0 Å². The molecule has 22 heavy (non-hydrogen) atoms. The molecule has 0 bridgehead atoms. The fourth-order valence-electron chi connectivity index (χ4n) is 2.09. The lowest BCUT2D eigenvalue weighted by Gasteiger charge is -2.25. The highest BCUT2D eigenvalue weighted by molar-refractivity contribution is 5.96. The Morgan fingerprint density at radius 3 is 2.41 bits per heavy atom. The van der Waals surface area contributed by atoms with Crippen molar-refractivity contribution in [1.29, 1.82) is 0 Å². The molecule has 112 valence electrons. The van der Waals surface area contributed by atoms with Crippen LogP contribution in [0.3, 0.4) is 0 Å². The fraction of sp³-hybridized carbons (Fsp3) is 0.125. The molecule has 0 aliphatic carbocycles. The predicted molar refractivity (Wildman–Crippen MR) is 79.9 cm³/mol. The van der Waals surface area contributed by atoms with Crippen molar-refractivity contribution >= 4 is 17.5 Å². The molecule has 1 aliphatic rings. The van der Waals surface area contributed by atoms with Crippen molar-refractivity contribution in [1.82, 2.24) is 0 Å². The lowest BCUT2D eigenvalue weighted by atomic mass is 10.2. The van der Waals surface area contributed by atoms with Gasteiger partial charge in [0, 0.05) is 11.3 Å². The number of carbonyl (C=O) groups is 2. The number of hydrogen-bond donors (Lipinski definition) is 2. The van der Waals surface area contributed by atoms with Gasteiger partial charge in [0.05, 0.1) is 0 Å². The smallest absolute Gasteiger partial charge is 0.269 e. The van der Waals surface area contributed by atoms with Crippen molar-refractivity contribution in [2.24, 2.45) is 5.73 Å². The summed E-state index contributed by atoms with van der Waals surface area (Å²) in [5, 5.41) is 2.71. The molecule has 2 aromatic carbocycles. The molecule has 1 heterocycles. The van der Waals surface area contributed by atoms with E-state index in [1.165, 1.54) is 0 Å². The summed E-state index contributed by atoms with van der Waals surface area (Å²) < 4.78 is 11.1. The number of para-hydroxylation sites is 2. The van der Waals surface area contributed by atoms with E-state index in [-0.39, 0.29) is 12.5 Å². The van der Waals surface area contributed by atoms with E-state index in [9.17, 15) is 9.59 Å². The molecular formula is C16H14N2O4. The molecule has 0 spiro atoms. The molecule has 1 atom stereocenters. The summed E-state index contributed by atoms with van der Waals surface area (Å²) in [5.41, 5.74) is 6.10. The first-order valence-corrected chi connectivity index (χ1v) is 6.73. The molecule has 2 aromatic rings. The van der Waals surface area contributed by atoms with Crippen LogP contribution in [-0.2, 0) is 4.79 Å². The number of rotatable bonds is 3. The Kier molecular flexibility index (Phi) is 3.65. The third-order valence-corrected chi connectivity index (χ3v) is 3.24. The quantitative estimate of drug-likeness (QED) is 0.899. The van der Waals surface area contributed by atoms with E-state index in [0.29, 0.717) is 22.7 Å². The Labute approximate surface area is 126 Å². The SMILES string of the molecule is NC(=O)c1ccc(NC(=O)[C@@H]2COc3ccccc3O2)cc1. The molecule has 0 aromatic heterocycles. The minimum Gasteiger partial charge on any atom is -0.485 e. The first-order chi connectivity index (χ1) is 10.6. The van der Waals surface area contributed by atoms with Crippen LogP contribution in [0.25, 0.3) is 0 Å². The van der Waals surface area contributed by atoms with Crippen LogP contribution in [0.4, 0.5) is 5.69 Å². The van der Waals surface area contributed by atoms with Crippen molar-refractivity contribution < 1.29 is 19.1 Å². The molecule has 6 heteroatoms. The van der Waals surface area contributed by atoms with Gasteiger partial charge in [-0.2, -0.15) is 0 Å². The summed E-state index contributed by atoms with van der Waals surface area (Å²) in [6, 6.07) is 13.5. The highest BCUT2D eigenvalue weighted by atomic mass is 16.6. The van der Waals surface area contributed by atoms with E-state index in [0.717, 1.165) is 0 Å². The monoisotopic (exact) mass is 298 g/mol. The molecule has 0 radical (unpaired) electrons. The standard InChI is InChI=1S/C16H14N2O4/c17-15(19)10-5-7-11(8-6-10)18-16(20)14-9-21-12-3-1-2-4-13(12)22-14/h1-8,14H,9H2,(H2,17,19)(H,18,20)/t14-/m0/s1. The Bertz CT molecular complexity index is 712. The first kappa shape index (κ1) is 13.9. The van der Waals surface area contributed by atoms with Crippen LogP contribution < -0.4 is 20.5 Å². The zero-order valence-corrected chi connectivity index (χ0v) is 11.6. The molecule has 1 aliphatic heterocycles. The van der Waals surface area contributed by atoms with Gasteiger partial charge in [0.15, 0.2) is 11.5 Å². The van der Waals surface area contributed by atoms with E-state index in [2.05, 4.69) is 5.32 Å². The van der Waals surface area contributed by atoms with E-state index >= 15 is 0 Å². The summed E-state index contributed by atoms with van der Waals surface area (Å²) in [7, 11) is 0. The minimum absolute atomic E-state index is 0.141. The average molecular weight is 298 g/mol. The van der Waals surface area contributed by atoms with Gasteiger partial charge in [-0.05, 0) is 36.4 Å². The normalized spacial score (nSPS) is 15.9. The number of amides is 2. The Balaban J connectivity index is 1.66. The molecular weight excluding hydrogens is 284 g/mol. The highest BCUT2D eigenvalue weighted by Gasteiger charge is 2.27. The summed E-state index contributed by atoms with van der Waals surface area (Å²) in [4.78, 5) is 23.2. The fourth-order valence-corrected chi connectivity index (χ4v) is 2.09. The van der Waals surface area contributed by atoms with Crippen molar-refractivity contribution in [3.05, 3.63) is 54.1 Å². The van der Waals surface area contributed by atoms with E-state index in [1.54, 1.807) is 36.4 Å². The van der Waals surface area contributed by atoms with Crippen LogP contribution in [0.2, 0.25) is 0 Å². The molecule has 3 N–H and O–H groups in total. The predicted octanol–water partition coefficient (Wildman–Crippen LogP) is 1.56. The summed E-state index contributed by atoms with van der Waals surface area (Å²) in [6.45, 7) is 0.141. The van der Waals surface area contributed by atoms with Crippen LogP contribution in [0.5, 0.6) is 11.5 Å². The summed E-state index contributed by atoms with van der Waals surface area (Å²) in [5.74, 6) is 0.329. The second-order valence-corrected chi connectivity index (χ2v) is 4.80. The lowest BCUT2D eigenvalue weighted by Crippen LogP contribution is -2.40. The number of nitrogens with two attached hydrogens (primary N) is 1. The Hall–Kier alpha value is -3.02. The highest BCUT2D eigenvalue weighted by Crippen LogP contribution is 2.31. The van der Waals surface area contributed by atoms with Crippen molar-refractivity contribution in [3.8, 4) is 11.5 Å². The molecule has 6 nitrogen and oxygen atoms in total. The second-order valence-electron chi connectivity index (χ2n) is 4.80. The lowest BCUT2D eigenvalue weighted by molar-refractivity contribution is -0.125. The van der Waals surface area contributed by atoms with Crippen LogP contribution in [-0.4, -0.2) is 24.5 Å². The number of ether oxygens (including phenoxy) is 2. The Morgan fingerprint density at radius 2 is 1.73 bits per heavy atom. The van der Waals surface area contributed by atoms with Gasteiger partial charge in [0.25, 0.3) is 5.91 Å². The molecule has 0 fully saturated rings. The van der Waals surface area contributed by atoms with Crippen molar-refractivity contribution in [3.63, 3.8) is 0 Å². The first-order valence-electron chi connectivity index (χ1n) is 6.73. The van der Waals surface area contributed by atoms with Gasteiger partial charge in [-0.3, -0.25) is 9.59 Å². The van der Waals surface area contributed by atoms with Gasteiger partial charge in [0.1, 0.15) is 6.61 Å². The number of nitrogens with one attached hydrogen (secondary N) is 1.